The van der Waals surface area contributed by atoms with Crippen molar-refractivity contribution in [3.8, 4) is 0 Å². The van der Waals surface area contributed by atoms with Crippen molar-refractivity contribution in [3.05, 3.63) is 46.3 Å². The number of hydrogen-bond donors (Lipinski definition) is 1. The smallest absolute Gasteiger partial charge is 0.230 e. The molecule has 0 aliphatic carbocycles. The molecule has 0 spiro atoms. The van der Waals surface area contributed by atoms with Gasteiger partial charge in [-0.1, -0.05) is 53.9 Å². The summed E-state index contributed by atoms with van der Waals surface area (Å²) in [6.45, 7) is 5.48. The Bertz CT molecular complexity index is 1050. The number of fused-ring (bicyclic) bond motifs is 3. The van der Waals surface area contributed by atoms with Gasteiger partial charge in [-0.05, 0) is 37.7 Å². The van der Waals surface area contributed by atoms with Gasteiger partial charge in [0.05, 0.1) is 18.0 Å². The highest BCUT2D eigenvalue weighted by atomic mass is 32.2. The first-order chi connectivity index (χ1) is 14.4. The van der Waals surface area contributed by atoms with Crippen LogP contribution in [-0.2, 0) is 29.0 Å². The largest absolute Gasteiger partial charge is 0.370 e. The highest BCUT2D eigenvalue weighted by Gasteiger charge is 2.31. The van der Waals surface area contributed by atoms with E-state index in [1.54, 1.807) is 11.3 Å². The summed E-state index contributed by atoms with van der Waals surface area (Å²) in [6.07, 6.45) is 3.64. The third-order valence-corrected chi connectivity index (χ3v) is 7.60. The van der Waals surface area contributed by atoms with Crippen LogP contribution in [-0.4, -0.2) is 40.0 Å². The van der Waals surface area contributed by atoms with Crippen LogP contribution in [0.4, 0.5) is 0 Å². The molecule has 0 saturated heterocycles. The van der Waals surface area contributed by atoms with Crippen LogP contribution in [0.15, 0.2) is 40.5 Å². The monoisotopic (exact) mass is 459 g/mol. The summed E-state index contributed by atoms with van der Waals surface area (Å²) in [5, 5.41) is 5.77. The molecule has 158 valence electrons. The minimum Gasteiger partial charge on any atom is -0.370 e. The highest BCUT2D eigenvalue weighted by Crippen LogP contribution is 2.42. The fourth-order valence-corrected chi connectivity index (χ4v) is 6.00. The lowest BCUT2D eigenvalue weighted by atomic mass is 9.95. The second-order valence-electron chi connectivity index (χ2n) is 7.80. The lowest BCUT2D eigenvalue weighted by Gasteiger charge is -2.30. The van der Waals surface area contributed by atoms with Crippen molar-refractivity contribution in [2.45, 2.75) is 49.1 Å². The fraction of sp³-hybridized carbons (Fsp3) is 0.409. The van der Waals surface area contributed by atoms with Gasteiger partial charge in [0.25, 0.3) is 0 Å². The van der Waals surface area contributed by atoms with Crippen LogP contribution in [0, 0.1) is 0 Å². The van der Waals surface area contributed by atoms with Gasteiger partial charge in [0.2, 0.25) is 5.91 Å². The van der Waals surface area contributed by atoms with Crippen molar-refractivity contribution in [3.63, 3.8) is 0 Å². The Labute approximate surface area is 189 Å². The predicted molar refractivity (Wildman–Crippen MR) is 126 cm³/mol. The summed E-state index contributed by atoms with van der Waals surface area (Å²) in [7, 11) is 0. The Morgan fingerprint density at radius 2 is 2.07 bits per heavy atom. The molecule has 0 unspecified atom stereocenters. The molecule has 3 aromatic rings. The zero-order valence-corrected chi connectivity index (χ0v) is 19.8. The standard InChI is InChI=1S/C22H25N3O2S3/c1-22(2)11-15-16(12-27-22)30-20-18(15)19(24-21(25-20)28-3)29-13-17(26)23-10-9-14-7-5-4-6-8-14/h4-8H,9-13H2,1-3H3,(H,23,26). The van der Waals surface area contributed by atoms with E-state index in [2.05, 4.69) is 31.3 Å². The van der Waals surface area contributed by atoms with E-state index in [-0.39, 0.29) is 11.5 Å². The molecule has 1 aliphatic rings. The summed E-state index contributed by atoms with van der Waals surface area (Å²) in [4.78, 5) is 24.1. The fourth-order valence-electron chi connectivity index (χ4n) is 3.46. The summed E-state index contributed by atoms with van der Waals surface area (Å²) in [5.74, 6) is 0.375. The van der Waals surface area contributed by atoms with Gasteiger partial charge in [0.1, 0.15) is 9.86 Å². The average molecular weight is 460 g/mol. The number of amides is 1. The molecule has 1 amide bonds. The highest BCUT2D eigenvalue weighted by molar-refractivity contribution is 8.00. The van der Waals surface area contributed by atoms with Gasteiger partial charge < -0.3 is 10.1 Å². The number of aromatic nitrogens is 2. The number of hydrogen-bond acceptors (Lipinski definition) is 7. The number of thiophene rings is 1. The van der Waals surface area contributed by atoms with E-state index >= 15 is 0 Å². The van der Waals surface area contributed by atoms with Gasteiger partial charge >= 0.3 is 0 Å². The average Bonchev–Trinajstić information content (AvgIpc) is 3.09. The lowest BCUT2D eigenvalue weighted by molar-refractivity contribution is -0.118. The third kappa shape index (κ3) is 4.99. The Morgan fingerprint density at radius 3 is 2.83 bits per heavy atom. The molecule has 30 heavy (non-hydrogen) atoms. The van der Waals surface area contributed by atoms with E-state index in [0.717, 1.165) is 33.2 Å². The van der Waals surface area contributed by atoms with Crippen LogP contribution in [0.1, 0.15) is 29.9 Å². The normalized spacial score (nSPS) is 15.2. The van der Waals surface area contributed by atoms with E-state index in [0.29, 0.717) is 18.9 Å². The molecular formula is C22H25N3O2S3. The van der Waals surface area contributed by atoms with Crippen LogP contribution in [0.3, 0.4) is 0 Å². The first-order valence-corrected chi connectivity index (χ1v) is 12.9. The Balaban J connectivity index is 1.47. The van der Waals surface area contributed by atoms with Crippen molar-refractivity contribution in [2.24, 2.45) is 0 Å². The van der Waals surface area contributed by atoms with Gasteiger partial charge in [-0.3, -0.25) is 4.79 Å². The molecule has 0 saturated carbocycles. The molecule has 1 N–H and O–H groups in total. The van der Waals surface area contributed by atoms with Crippen LogP contribution >= 0.6 is 34.9 Å². The first-order valence-electron chi connectivity index (χ1n) is 9.89. The minimum atomic E-state index is -0.198. The number of carbonyl (C=O) groups excluding carboxylic acids is 1. The van der Waals surface area contributed by atoms with Crippen LogP contribution in [0.2, 0.25) is 0 Å². The van der Waals surface area contributed by atoms with E-state index in [9.17, 15) is 4.79 Å². The summed E-state index contributed by atoms with van der Waals surface area (Å²) < 4.78 is 5.98. The Hall–Kier alpha value is -1.61. The van der Waals surface area contributed by atoms with Crippen molar-refractivity contribution in [1.82, 2.24) is 15.3 Å². The maximum atomic E-state index is 12.4. The second kappa shape index (κ2) is 9.26. The number of carbonyl (C=O) groups is 1. The topological polar surface area (TPSA) is 64.1 Å². The van der Waals surface area contributed by atoms with E-state index < -0.39 is 0 Å². The van der Waals surface area contributed by atoms with E-state index in [1.807, 2.05) is 24.5 Å². The van der Waals surface area contributed by atoms with Gasteiger partial charge in [0.15, 0.2) is 5.16 Å². The SMILES string of the molecule is CSc1nc(SCC(=O)NCCc2ccccc2)c2c3c(sc2n1)COC(C)(C)C3. The minimum absolute atomic E-state index is 0.0288. The van der Waals surface area contributed by atoms with Crippen molar-refractivity contribution < 1.29 is 9.53 Å². The van der Waals surface area contributed by atoms with Crippen molar-refractivity contribution in [2.75, 3.05) is 18.6 Å². The van der Waals surface area contributed by atoms with Gasteiger partial charge in [-0.2, -0.15) is 0 Å². The molecule has 8 heteroatoms. The van der Waals surface area contributed by atoms with Crippen LogP contribution < -0.4 is 5.32 Å². The predicted octanol–water partition coefficient (Wildman–Crippen LogP) is 4.72. The quantitative estimate of drug-likeness (QED) is 0.313. The molecule has 1 aromatic carbocycles. The number of ether oxygens (including phenoxy) is 1. The second-order valence-corrected chi connectivity index (χ2v) is 10.6. The first kappa shape index (κ1) is 21.6. The molecule has 0 fully saturated rings. The molecule has 2 aromatic heterocycles. The molecule has 5 nitrogen and oxygen atoms in total. The maximum absolute atomic E-state index is 12.4. The molecule has 0 atom stereocenters. The number of rotatable bonds is 7. The lowest BCUT2D eigenvalue weighted by Crippen LogP contribution is -2.31. The van der Waals surface area contributed by atoms with E-state index in [4.69, 9.17) is 14.7 Å². The maximum Gasteiger partial charge on any atom is 0.230 e. The molecular weight excluding hydrogens is 434 g/mol. The zero-order chi connectivity index (χ0) is 21.1. The number of nitrogens with zero attached hydrogens (tertiary/aromatic N) is 2. The van der Waals surface area contributed by atoms with E-state index in [1.165, 1.54) is 39.5 Å². The molecule has 1 aliphatic heterocycles. The van der Waals surface area contributed by atoms with Crippen molar-refractivity contribution in [1.29, 1.82) is 0 Å². The molecule has 0 bridgehead atoms. The van der Waals surface area contributed by atoms with Gasteiger partial charge in [-0.25, -0.2) is 9.97 Å². The third-order valence-electron chi connectivity index (χ3n) is 4.98. The zero-order valence-electron chi connectivity index (χ0n) is 17.4. The molecule has 3 heterocycles. The van der Waals surface area contributed by atoms with Crippen LogP contribution in [0.5, 0.6) is 0 Å². The summed E-state index contributed by atoms with van der Waals surface area (Å²) >= 11 is 4.72. The molecule has 4 rings (SSSR count). The number of thioether (sulfide) groups is 2. The van der Waals surface area contributed by atoms with Crippen molar-refractivity contribution >= 4 is 51.0 Å². The van der Waals surface area contributed by atoms with Gasteiger partial charge in [0, 0.05) is 23.2 Å². The Kier molecular flexibility index (Phi) is 6.67. The number of benzene rings is 1. The number of nitrogens with one attached hydrogen (secondary N) is 1. The molecule has 0 radical (unpaired) electrons. The van der Waals surface area contributed by atoms with Crippen LogP contribution in [0.25, 0.3) is 10.2 Å². The summed E-state index contributed by atoms with van der Waals surface area (Å²) in [5.41, 5.74) is 2.31. The summed E-state index contributed by atoms with van der Waals surface area (Å²) in [6, 6.07) is 10.2. The van der Waals surface area contributed by atoms with Gasteiger partial charge in [-0.15, -0.1) is 11.3 Å². The Morgan fingerprint density at radius 1 is 1.27 bits per heavy atom.